The van der Waals surface area contributed by atoms with Crippen molar-refractivity contribution in [3.8, 4) is 11.3 Å². The summed E-state index contributed by atoms with van der Waals surface area (Å²) in [6, 6.07) is 12.6. The SMILES string of the molecule is Cc1ccc(-c2cccc(CN3CCCC4(CC3)CNC(=O)O4)c2)o1. The van der Waals surface area contributed by atoms with Gasteiger partial charge in [-0.05, 0) is 50.1 Å². The van der Waals surface area contributed by atoms with Crippen LogP contribution in [0.15, 0.2) is 40.8 Å². The molecule has 5 heteroatoms. The van der Waals surface area contributed by atoms with Crippen LogP contribution in [0.5, 0.6) is 0 Å². The second-order valence-corrected chi connectivity index (χ2v) is 7.17. The molecule has 132 valence electrons. The molecule has 1 atom stereocenters. The molecule has 0 saturated carbocycles. The maximum absolute atomic E-state index is 11.4. The lowest BCUT2D eigenvalue weighted by atomic mass is 9.95. The number of likely N-dealkylation sites (tertiary alicyclic amines) is 1. The summed E-state index contributed by atoms with van der Waals surface area (Å²) in [5.74, 6) is 1.84. The van der Waals surface area contributed by atoms with Gasteiger partial charge in [-0.15, -0.1) is 0 Å². The Kier molecular flexibility index (Phi) is 4.25. The lowest BCUT2D eigenvalue weighted by molar-refractivity contribution is 0.0443. The summed E-state index contributed by atoms with van der Waals surface area (Å²) in [6.07, 6.45) is 2.61. The van der Waals surface area contributed by atoms with Crippen molar-refractivity contribution < 1.29 is 13.9 Å². The Hall–Kier alpha value is -2.27. The van der Waals surface area contributed by atoms with Gasteiger partial charge in [0, 0.05) is 25.1 Å². The zero-order valence-corrected chi connectivity index (χ0v) is 14.6. The fourth-order valence-electron chi connectivity index (χ4n) is 3.83. The molecule has 1 spiro atoms. The number of nitrogens with zero attached hydrogens (tertiary/aromatic N) is 1. The van der Waals surface area contributed by atoms with Gasteiger partial charge in [-0.25, -0.2) is 4.79 Å². The van der Waals surface area contributed by atoms with Crippen LogP contribution in [0.2, 0.25) is 0 Å². The Bertz CT molecular complexity index is 770. The van der Waals surface area contributed by atoms with Crippen molar-refractivity contribution in [2.75, 3.05) is 19.6 Å². The number of nitrogens with one attached hydrogen (secondary N) is 1. The average molecular weight is 340 g/mol. The molecule has 4 rings (SSSR count). The minimum Gasteiger partial charge on any atom is -0.461 e. The summed E-state index contributed by atoms with van der Waals surface area (Å²) in [5, 5.41) is 2.81. The van der Waals surface area contributed by atoms with Crippen molar-refractivity contribution in [1.82, 2.24) is 10.2 Å². The number of furan rings is 1. The van der Waals surface area contributed by atoms with E-state index in [0.717, 1.165) is 56.0 Å². The van der Waals surface area contributed by atoms with E-state index in [1.165, 1.54) is 5.56 Å². The Labute approximate surface area is 148 Å². The van der Waals surface area contributed by atoms with E-state index in [-0.39, 0.29) is 11.7 Å². The number of alkyl carbamates (subject to hydrolysis) is 1. The number of ether oxygens (including phenoxy) is 1. The number of hydrogen-bond donors (Lipinski definition) is 1. The topological polar surface area (TPSA) is 54.7 Å². The predicted octanol–water partition coefficient (Wildman–Crippen LogP) is 3.72. The molecule has 0 aliphatic carbocycles. The molecule has 5 nitrogen and oxygen atoms in total. The summed E-state index contributed by atoms with van der Waals surface area (Å²) in [5.41, 5.74) is 2.11. The first kappa shape index (κ1) is 16.2. The smallest absolute Gasteiger partial charge is 0.407 e. The van der Waals surface area contributed by atoms with Crippen molar-refractivity contribution in [2.24, 2.45) is 0 Å². The number of carbonyl (C=O) groups is 1. The van der Waals surface area contributed by atoms with E-state index >= 15 is 0 Å². The van der Waals surface area contributed by atoms with Crippen LogP contribution in [0, 0.1) is 6.92 Å². The number of hydrogen-bond acceptors (Lipinski definition) is 4. The zero-order valence-electron chi connectivity index (χ0n) is 14.6. The van der Waals surface area contributed by atoms with Crippen molar-refractivity contribution in [1.29, 1.82) is 0 Å². The maximum Gasteiger partial charge on any atom is 0.407 e. The summed E-state index contributed by atoms with van der Waals surface area (Å²) in [6.45, 7) is 5.49. The van der Waals surface area contributed by atoms with Gasteiger partial charge >= 0.3 is 6.09 Å². The molecule has 25 heavy (non-hydrogen) atoms. The minimum absolute atomic E-state index is 0.269. The molecule has 2 aliphatic heterocycles. The standard InChI is InChI=1S/C20H24N2O3/c1-15-6-7-18(24-15)17-5-2-4-16(12-17)13-22-10-3-8-20(9-11-22)14-21-19(23)25-20/h2,4-7,12H,3,8-11,13-14H2,1H3,(H,21,23). The van der Waals surface area contributed by atoms with Crippen LogP contribution in [-0.2, 0) is 11.3 Å². The van der Waals surface area contributed by atoms with Crippen LogP contribution in [-0.4, -0.2) is 36.2 Å². The van der Waals surface area contributed by atoms with Gasteiger partial charge in [0.15, 0.2) is 0 Å². The van der Waals surface area contributed by atoms with E-state index in [9.17, 15) is 4.79 Å². The predicted molar refractivity (Wildman–Crippen MR) is 95.2 cm³/mol. The Morgan fingerprint density at radius 3 is 2.88 bits per heavy atom. The molecule has 3 heterocycles. The highest BCUT2D eigenvalue weighted by Gasteiger charge is 2.41. The molecule has 1 amide bonds. The van der Waals surface area contributed by atoms with E-state index in [0.29, 0.717) is 6.54 Å². The van der Waals surface area contributed by atoms with Crippen molar-refractivity contribution in [3.05, 3.63) is 47.7 Å². The van der Waals surface area contributed by atoms with Crippen LogP contribution in [0.1, 0.15) is 30.6 Å². The molecule has 1 aromatic carbocycles. The first-order valence-corrected chi connectivity index (χ1v) is 8.97. The second kappa shape index (κ2) is 6.56. The van der Waals surface area contributed by atoms with Crippen molar-refractivity contribution >= 4 is 6.09 Å². The lowest BCUT2D eigenvalue weighted by Crippen LogP contribution is -2.34. The highest BCUT2D eigenvalue weighted by Crippen LogP contribution is 2.30. The van der Waals surface area contributed by atoms with Gasteiger partial charge in [0.05, 0.1) is 6.54 Å². The average Bonchev–Trinajstić information content (AvgIpc) is 3.13. The number of benzene rings is 1. The largest absolute Gasteiger partial charge is 0.461 e. The van der Waals surface area contributed by atoms with Crippen LogP contribution in [0.25, 0.3) is 11.3 Å². The fraction of sp³-hybridized carbons (Fsp3) is 0.450. The normalized spacial score (nSPS) is 24.1. The molecule has 0 radical (unpaired) electrons. The third kappa shape index (κ3) is 3.56. The second-order valence-electron chi connectivity index (χ2n) is 7.17. The summed E-state index contributed by atoms with van der Waals surface area (Å²) < 4.78 is 11.3. The van der Waals surface area contributed by atoms with Crippen LogP contribution in [0.4, 0.5) is 4.79 Å². The number of carbonyl (C=O) groups excluding carboxylic acids is 1. The fourth-order valence-corrected chi connectivity index (χ4v) is 3.83. The van der Waals surface area contributed by atoms with E-state index < -0.39 is 0 Å². The molecular formula is C20H24N2O3. The monoisotopic (exact) mass is 340 g/mol. The third-order valence-corrected chi connectivity index (χ3v) is 5.21. The van der Waals surface area contributed by atoms with E-state index in [4.69, 9.17) is 9.15 Å². The van der Waals surface area contributed by atoms with Crippen molar-refractivity contribution in [2.45, 2.75) is 38.3 Å². The molecule has 2 aromatic rings. The number of amides is 1. The third-order valence-electron chi connectivity index (χ3n) is 5.21. The summed E-state index contributed by atoms with van der Waals surface area (Å²) in [7, 11) is 0. The van der Waals surface area contributed by atoms with Gasteiger partial charge in [0.2, 0.25) is 0 Å². The van der Waals surface area contributed by atoms with Crippen LogP contribution < -0.4 is 5.32 Å². The Balaban J connectivity index is 1.43. The van der Waals surface area contributed by atoms with Gasteiger partial charge in [-0.1, -0.05) is 18.2 Å². The Morgan fingerprint density at radius 2 is 2.12 bits per heavy atom. The Morgan fingerprint density at radius 1 is 1.20 bits per heavy atom. The maximum atomic E-state index is 11.4. The molecule has 2 saturated heterocycles. The molecule has 1 unspecified atom stereocenters. The minimum atomic E-state index is -0.292. The number of rotatable bonds is 3. The first-order valence-electron chi connectivity index (χ1n) is 8.97. The van der Waals surface area contributed by atoms with Gasteiger partial charge in [0.25, 0.3) is 0 Å². The molecule has 1 aromatic heterocycles. The van der Waals surface area contributed by atoms with Gasteiger partial charge in [-0.3, -0.25) is 4.90 Å². The summed E-state index contributed by atoms with van der Waals surface area (Å²) in [4.78, 5) is 13.9. The van der Waals surface area contributed by atoms with Gasteiger partial charge in [-0.2, -0.15) is 0 Å². The lowest BCUT2D eigenvalue weighted by Gasteiger charge is -2.25. The van der Waals surface area contributed by atoms with E-state index in [1.54, 1.807) is 0 Å². The molecule has 2 fully saturated rings. The van der Waals surface area contributed by atoms with E-state index in [2.05, 4.69) is 34.5 Å². The highest BCUT2D eigenvalue weighted by molar-refractivity contribution is 5.70. The quantitative estimate of drug-likeness (QED) is 0.925. The van der Waals surface area contributed by atoms with Gasteiger partial charge in [0.1, 0.15) is 17.1 Å². The first-order chi connectivity index (χ1) is 12.1. The molecular weight excluding hydrogens is 316 g/mol. The molecule has 0 bridgehead atoms. The summed E-state index contributed by atoms with van der Waals surface area (Å²) >= 11 is 0. The molecule has 1 N–H and O–H groups in total. The van der Waals surface area contributed by atoms with Crippen LogP contribution >= 0.6 is 0 Å². The number of aryl methyl sites for hydroxylation is 1. The van der Waals surface area contributed by atoms with Gasteiger partial charge < -0.3 is 14.5 Å². The molecule has 2 aliphatic rings. The highest BCUT2D eigenvalue weighted by atomic mass is 16.6. The van der Waals surface area contributed by atoms with Crippen molar-refractivity contribution in [3.63, 3.8) is 0 Å². The van der Waals surface area contributed by atoms with E-state index in [1.807, 2.05) is 19.1 Å². The zero-order chi connectivity index (χ0) is 17.3. The van der Waals surface area contributed by atoms with Crippen LogP contribution in [0.3, 0.4) is 0 Å².